The highest BCUT2D eigenvalue weighted by Gasteiger charge is 2.52. The molecule has 0 bridgehead atoms. The second kappa shape index (κ2) is 5.61. The Morgan fingerprint density at radius 3 is 2.61 bits per heavy atom. The average molecular weight is 318 g/mol. The molecular formula is C17H26N4O2. The second-order valence-corrected chi connectivity index (χ2v) is 7.36. The Morgan fingerprint density at radius 2 is 1.96 bits per heavy atom. The molecule has 1 aromatic heterocycles. The van der Waals surface area contributed by atoms with Crippen LogP contribution in [0, 0.1) is 0 Å². The van der Waals surface area contributed by atoms with E-state index in [0.29, 0.717) is 6.04 Å². The van der Waals surface area contributed by atoms with Crippen LogP contribution in [-0.2, 0) is 11.8 Å². The zero-order chi connectivity index (χ0) is 16.0. The first kappa shape index (κ1) is 15.2. The molecule has 1 unspecified atom stereocenters. The van der Waals surface area contributed by atoms with Crippen molar-refractivity contribution in [2.24, 2.45) is 7.05 Å². The highest BCUT2D eigenvalue weighted by Crippen LogP contribution is 2.37. The number of piperazine rings is 1. The predicted molar refractivity (Wildman–Crippen MR) is 87.5 cm³/mol. The lowest BCUT2D eigenvalue weighted by Crippen LogP contribution is -2.63. The Hall–Kier alpha value is -1.37. The predicted octanol–water partition coefficient (Wildman–Crippen LogP) is 0.256. The monoisotopic (exact) mass is 318 g/mol. The molecule has 3 aliphatic heterocycles. The third-order valence-corrected chi connectivity index (χ3v) is 5.65. The summed E-state index contributed by atoms with van der Waals surface area (Å²) >= 11 is 0. The molecule has 6 heteroatoms. The molecule has 23 heavy (non-hydrogen) atoms. The fourth-order valence-corrected chi connectivity index (χ4v) is 4.10. The first-order chi connectivity index (χ1) is 11.1. The van der Waals surface area contributed by atoms with Gasteiger partial charge in [-0.2, -0.15) is 0 Å². The minimum Gasteiger partial charge on any atom is -0.370 e. The standard InChI is InChI=1S/C17H26N4O2/c1-18-6-8-20(9-7-18)14-10-17(23-11-14)12-21(13-17)16(22)15-4-3-5-19(15)2/h3-5,14H,6-13H2,1-2H3. The van der Waals surface area contributed by atoms with Gasteiger partial charge in [0.15, 0.2) is 0 Å². The van der Waals surface area contributed by atoms with Crippen LogP contribution in [0.15, 0.2) is 18.3 Å². The number of aryl methyl sites for hydroxylation is 1. The molecule has 126 valence electrons. The van der Waals surface area contributed by atoms with E-state index in [1.165, 1.54) is 0 Å². The molecule has 4 heterocycles. The van der Waals surface area contributed by atoms with Crippen molar-refractivity contribution in [3.63, 3.8) is 0 Å². The maximum atomic E-state index is 12.5. The van der Waals surface area contributed by atoms with Crippen molar-refractivity contribution in [3.05, 3.63) is 24.0 Å². The van der Waals surface area contributed by atoms with E-state index in [2.05, 4.69) is 16.8 Å². The molecule has 1 amide bonds. The molecule has 0 aromatic carbocycles. The van der Waals surface area contributed by atoms with Crippen molar-refractivity contribution in [2.45, 2.75) is 18.1 Å². The van der Waals surface area contributed by atoms with Crippen molar-refractivity contribution in [1.82, 2.24) is 19.3 Å². The number of hydrogen-bond acceptors (Lipinski definition) is 4. The first-order valence-corrected chi connectivity index (χ1v) is 8.53. The number of rotatable bonds is 2. The molecule has 4 rings (SSSR count). The molecular weight excluding hydrogens is 292 g/mol. The largest absolute Gasteiger partial charge is 0.370 e. The summed E-state index contributed by atoms with van der Waals surface area (Å²) in [5.41, 5.74) is 0.669. The fourth-order valence-electron chi connectivity index (χ4n) is 4.10. The van der Waals surface area contributed by atoms with Gasteiger partial charge in [0.05, 0.1) is 19.7 Å². The quantitative estimate of drug-likeness (QED) is 0.784. The normalized spacial score (nSPS) is 28.3. The minimum atomic E-state index is -0.0885. The molecule has 3 fully saturated rings. The molecule has 1 spiro atoms. The van der Waals surface area contributed by atoms with E-state index >= 15 is 0 Å². The van der Waals surface area contributed by atoms with Crippen LogP contribution in [0.4, 0.5) is 0 Å². The zero-order valence-electron chi connectivity index (χ0n) is 14.1. The van der Waals surface area contributed by atoms with Crippen LogP contribution < -0.4 is 0 Å². The summed E-state index contributed by atoms with van der Waals surface area (Å²) < 4.78 is 8.03. The number of likely N-dealkylation sites (tertiary alicyclic amines) is 1. The molecule has 0 N–H and O–H groups in total. The van der Waals surface area contributed by atoms with Gasteiger partial charge in [-0.3, -0.25) is 9.69 Å². The SMILES string of the molecule is CN1CCN(C2COC3(C2)CN(C(=O)c2cccn2C)C3)CC1. The topological polar surface area (TPSA) is 41.0 Å². The highest BCUT2D eigenvalue weighted by atomic mass is 16.5. The number of nitrogens with zero attached hydrogens (tertiary/aromatic N) is 4. The maximum Gasteiger partial charge on any atom is 0.270 e. The van der Waals surface area contributed by atoms with Crippen LogP contribution in [0.2, 0.25) is 0 Å². The van der Waals surface area contributed by atoms with E-state index in [1.54, 1.807) is 0 Å². The first-order valence-electron chi connectivity index (χ1n) is 8.53. The van der Waals surface area contributed by atoms with Crippen LogP contribution in [-0.4, -0.2) is 89.7 Å². The molecule has 3 saturated heterocycles. The van der Waals surface area contributed by atoms with E-state index in [-0.39, 0.29) is 11.5 Å². The number of ether oxygens (including phenoxy) is 1. The van der Waals surface area contributed by atoms with Crippen LogP contribution in [0.1, 0.15) is 16.9 Å². The Morgan fingerprint density at radius 1 is 1.22 bits per heavy atom. The smallest absolute Gasteiger partial charge is 0.270 e. The third kappa shape index (κ3) is 2.69. The zero-order valence-corrected chi connectivity index (χ0v) is 14.1. The summed E-state index contributed by atoms with van der Waals surface area (Å²) in [5.74, 6) is 0.120. The fraction of sp³-hybridized carbons (Fsp3) is 0.706. The van der Waals surface area contributed by atoms with Crippen LogP contribution >= 0.6 is 0 Å². The Balaban J connectivity index is 1.33. The number of carbonyl (C=O) groups is 1. The van der Waals surface area contributed by atoms with E-state index in [1.807, 2.05) is 34.8 Å². The van der Waals surface area contributed by atoms with Gasteiger partial charge in [0.2, 0.25) is 0 Å². The minimum absolute atomic E-state index is 0.0885. The molecule has 1 atom stereocenters. The summed E-state index contributed by atoms with van der Waals surface area (Å²) in [6.45, 7) is 6.83. The summed E-state index contributed by atoms with van der Waals surface area (Å²) in [5, 5.41) is 0. The Labute approximate surface area is 137 Å². The van der Waals surface area contributed by atoms with Crippen molar-refractivity contribution < 1.29 is 9.53 Å². The molecule has 3 aliphatic rings. The lowest BCUT2D eigenvalue weighted by Gasteiger charge is -2.47. The van der Waals surface area contributed by atoms with Gasteiger partial charge in [-0.25, -0.2) is 0 Å². The summed E-state index contributed by atoms with van der Waals surface area (Å²) in [7, 11) is 4.10. The van der Waals surface area contributed by atoms with Gasteiger partial charge in [0, 0.05) is 45.5 Å². The third-order valence-electron chi connectivity index (χ3n) is 5.65. The number of amides is 1. The van der Waals surface area contributed by atoms with E-state index in [9.17, 15) is 4.79 Å². The maximum absolute atomic E-state index is 12.5. The summed E-state index contributed by atoms with van der Waals surface area (Å²) in [6.07, 6.45) is 2.98. The number of likely N-dealkylation sites (N-methyl/N-ethyl adjacent to an activating group) is 1. The number of aromatic nitrogens is 1. The second-order valence-electron chi connectivity index (χ2n) is 7.36. The van der Waals surface area contributed by atoms with Crippen LogP contribution in [0.3, 0.4) is 0 Å². The van der Waals surface area contributed by atoms with Crippen molar-refractivity contribution in [2.75, 3.05) is 52.9 Å². The number of carbonyl (C=O) groups excluding carboxylic acids is 1. The van der Waals surface area contributed by atoms with E-state index < -0.39 is 0 Å². The lowest BCUT2D eigenvalue weighted by molar-refractivity contribution is -0.0953. The van der Waals surface area contributed by atoms with Crippen molar-refractivity contribution >= 4 is 5.91 Å². The van der Waals surface area contributed by atoms with Gasteiger partial charge < -0.3 is 19.1 Å². The highest BCUT2D eigenvalue weighted by molar-refractivity contribution is 5.93. The van der Waals surface area contributed by atoms with Crippen molar-refractivity contribution in [1.29, 1.82) is 0 Å². The van der Waals surface area contributed by atoms with Gasteiger partial charge in [-0.1, -0.05) is 0 Å². The molecule has 0 saturated carbocycles. The van der Waals surface area contributed by atoms with Gasteiger partial charge in [0.25, 0.3) is 5.91 Å². The van der Waals surface area contributed by atoms with Gasteiger partial charge in [-0.05, 0) is 25.6 Å². The van der Waals surface area contributed by atoms with Crippen molar-refractivity contribution in [3.8, 4) is 0 Å². The van der Waals surface area contributed by atoms with E-state index in [0.717, 1.165) is 58.0 Å². The lowest BCUT2D eigenvalue weighted by atomic mass is 9.88. The summed E-state index contributed by atoms with van der Waals surface area (Å²) in [4.78, 5) is 19.4. The van der Waals surface area contributed by atoms with Gasteiger partial charge >= 0.3 is 0 Å². The van der Waals surface area contributed by atoms with Crippen LogP contribution in [0.5, 0.6) is 0 Å². The number of hydrogen-bond donors (Lipinski definition) is 0. The Bertz CT molecular complexity index is 585. The molecule has 6 nitrogen and oxygen atoms in total. The van der Waals surface area contributed by atoms with E-state index in [4.69, 9.17) is 4.74 Å². The van der Waals surface area contributed by atoms with Gasteiger partial charge in [-0.15, -0.1) is 0 Å². The summed E-state index contributed by atoms with van der Waals surface area (Å²) in [6, 6.07) is 4.32. The average Bonchev–Trinajstić information content (AvgIpc) is 3.12. The molecule has 0 radical (unpaired) electrons. The molecule has 1 aromatic rings. The Kier molecular flexibility index (Phi) is 3.70. The van der Waals surface area contributed by atoms with Crippen LogP contribution in [0.25, 0.3) is 0 Å². The van der Waals surface area contributed by atoms with Gasteiger partial charge in [0.1, 0.15) is 11.3 Å². The molecule has 0 aliphatic carbocycles.